The molecule has 2 heterocycles. The highest BCUT2D eigenvalue weighted by molar-refractivity contribution is 5.96. The number of nitrogens with one attached hydrogen (secondary N) is 3. The SMILES string of the molecule is O=C(NC1(C(=O)NC2(c3cc(-c4cn[nH]c4)ccn3)CC2)CC1)C(F)(F)F. The zero-order valence-electron chi connectivity index (χ0n) is 14.1. The van der Waals surface area contributed by atoms with Gasteiger partial charge in [-0.25, -0.2) is 0 Å². The van der Waals surface area contributed by atoms with Crippen LogP contribution in [0, 0.1) is 0 Å². The van der Waals surface area contributed by atoms with E-state index < -0.39 is 29.1 Å². The predicted molar refractivity (Wildman–Crippen MR) is 87.0 cm³/mol. The summed E-state index contributed by atoms with van der Waals surface area (Å²) in [5, 5.41) is 11.3. The van der Waals surface area contributed by atoms with Crippen LogP contribution < -0.4 is 10.6 Å². The maximum atomic E-state index is 12.6. The lowest BCUT2D eigenvalue weighted by Gasteiger charge is -2.23. The normalized spacial score (nSPS) is 19.2. The van der Waals surface area contributed by atoms with Crippen molar-refractivity contribution >= 4 is 11.8 Å². The first-order valence-electron chi connectivity index (χ1n) is 8.42. The van der Waals surface area contributed by atoms with E-state index in [0.717, 1.165) is 11.1 Å². The van der Waals surface area contributed by atoms with Gasteiger partial charge in [0.15, 0.2) is 0 Å². The average Bonchev–Trinajstić information content (AvgIpc) is 3.52. The van der Waals surface area contributed by atoms with E-state index in [1.54, 1.807) is 24.7 Å². The molecule has 0 saturated heterocycles. The van der Waals surface area contributed by atoms with Crippen molar-refractivity contribution in [2.24, 2.45) is 0 Å². The molecule has 2 fully saturated rings. The van der Waals surface area contributed by atoms with Crippen molar-refractivity contribution < 1.29 is 22.8 Å². The van der Waals surface area contributed by atoms with Gasteiger partial charge < -0.3 is 10.6 Å². The van der Waals surface area contributed by atoms with Gasteiger partial charge in [-0.15, -0.1) is 0 Å². The molecule has 0 atom stereocenters. The fraction of sp³-hybridized carbons (Fsp3) is 0.412. The average molecular weight is 379 g/mol. The van der Waals surface area contributed by atoms with Crippen LogP contribution in [0.5, 0.6) is 0 Å². The maximum Gasteiger partial charge on any atom is 0.471 e. The van der Waals surface area contributed by atoms with E-state index in [4.69, 9.17) is 0 Å². The molecule has 142 valence electrons. The molecule has 2 amide bonds. The minimum atomic E-state index is -5.02. The monoisotopic (exact) mass is 379 g/mol. The lowest BCUT2D eigenvalue weighted by atomic mass is 10.0. The van der Waals surface area contributed by atoms with E-state index in [2.05, 4.69) is 20.5 Å². The van der Waals surface area contributed by atoms with Gasteiger partial charge in [0.05, 0.1) is 17.4 Å². The van der Waals surface area contributed by atoms with Crippen LogP contribution in [-0.4, -0.2) is 38.7 Å². The van der Waals surface area contributed by atoms with Crippen LogP contribution in [0.25, 0.3) is 11.1 Å². The Kier molecular flexibility index (Phi) is 3.76. The van der Waals surface area contributed by atoms with Gasteiger partial charge >= 0.3 is 12.1 Å². The number of amides is 2. The van der Waals surface area contributed by atoms with Crippen molar-refractivity contribution in [1.82, 2.24) is 25.8 Å². The topological polar surface area (TPSA) is 99.8 Å². The fourth-order valence-corrected chi connectivity index (χ4v) is 3.01. The van der Waals surface area contributed by atoms with Gasteiger partial charge in [0.25, 0.3) is 0 Å². The number of hydrogen-bond acceptors (Lipinski definition) is 4. The van der Waals surface area contributed by atoms with Crippen LogP contribution in [0.2, 0.25) is 0 Å². The van der Waals surface area contributed by atoms with Crippen LogP contribution in [0.3, 0.4) is 0 Å². The minimum Gasteiger partial charge on any atom is -0.343 e. The van der Waals surface area contributed by atoms with Crippen LogP contribution in [0.4, 0.5) is 13.2 Å². The van der Waals surface area contributed by atoms with Gasteiger partial charge in [0, 0.05) is 18.0 Å². The zero-order valence-corrected chi connectivity index (χ0v) is 14.1. The summed E-state index contributed by atoms with van der Waals surface area (Å²) in [6.45, 7) is 0. The molecule has 2 aliphatic carbocycles. The molecule has 0 aliphatic heterocycles. The Morgan fingerprint density at radius 1 is 1.11 bits per heavy atom. The lowest BCUT2D eigenvalue weighted by Crippen LogP contribution is -2.54. The third kappa shape index (κ3) is 3.26. The molecule has 27 heavy (non-hydrogen) atoms. The highest BCUT2D eigenvalue weighted by Gasteiger charge is 2.58. The molecular weight excluding hydrogens is 363 g/mol. The van der Waals surface area contributed by atoms with Crippen LogP contribution in [0.15, 0.2) is 30.7 Å². The molecule has 3 N–H and O–H groups in total. The molecular formula is C17H16F3N5O2. The Balaban J connectivity index is 1.50. The fourth-order valence-electron chi connectivity index (χ4n) is 3.01. The third-order valence-corrected chi connectivity index (χ3v) is 4.98. The summed E-state index contributed by atoms with van der Waals surface area (Å²) in [5.41, 5.74) is 0.157. The Morgan fingerprint density at radius 3 is 2.41 bits per heavy atom. The smallest absolute Gasteiger partial charge is 0.343 e. The summed E-state index contributed by atoms with van der Waals surface area (Å²) in [6.07, 6.45) is 1.59. The number of nitrogens with zero attached hydrogens (tertiary/aromatic N) is 2. The summed E-state index contributed by atoms with van der Waals surface area (Å²) < 4.78 is 37.5. The Hall–Kier alpha value is -2.91. The Morgan fingerprint density at radius 2 is 1.85 bits per heavy atom. The van der Waals surface area contributed by atoms with Gasteiger partial charge in [-0.1, -0.05) is 0 Å². The van der Waals surface area contributed by atoms with Crippen molar-refractivity contribution in [3.05, 3.63) is 36.4 Å². The van der Waals surface area contributed by atoms with Crippen molar-refractivity contribution in [3.8, 4) is 11.1 Å². The molecule has 0 unspecified atom stereocenters. The van der Waals surface area contributed by atoms with E-state index >= 15 is 0 Å². The first-order chi connectivity index (χ1) is 12.7. The maximum absolute atomic E-state index is 12.6. The number of aromatic nitrogens is 3. The number of rotatable bonds is 5. The number of aromatic amines is 1. The largest absolute Gasteiger partial charge is 0.471 e. The molecule has 4 rings (SSSR count). The van der Waals surface area contributed by atoms with Crippen LogP contribution in [0.1, 0.15) is 31.4 Å². The number of H-pyrrole nitrogens is 1. The number of pyridine rings is 1. The molecule has 0 radical (unpaired) electrons. The molecule has 2 aromatic heterocycles. The molecule has 2 aliphatic rings. The molecule has 0 bridgehead atoms. The lowest BCUT2D eigenvalue weighted by molar-refractivity contribution is -0.175. The molecule has 2 saturated carbocycles. The number of hydrogen-bond donors (Lipinski definition) is 3. The van der Waals surface area contributed by atoms with Crippen molar-refractivity contribution in [1.29, 1.82) is 0 Å². The second-order valence-electron chi connectivity index (χ2n) is 6.99. The molecule has 0 aromatic carbocycles. The summed E-state index contributed by atoms with van der Waals surface area (Å²) in [6, 6.07) is 3.63. The van der Waals surface area contributed by atoms with E-state index in [0.29, 0.717) is 18.5 Å². The molecule has 10 heteroatoms. The highest BCUT2D eigenvalue weighted by atomic mass is 19.4. The first-order valence-corrected chi connectivity index (χ1v) is 8.42. The second-order valence-corrected chi connectivity index (χ2v) is 6.99. The predicted octanol–water partition coefficient (Wildman–Crippen LogP) is 1.79. The second kappa shape index (κ2) is 5.80. The Bertz CT molecular complexity index is 886. The van der Waals surface area contributed by atoms with Gasteiger partial charge in [-0.3, -0.25) is 19.7 Å². The molecule has 2 aromatic rings. The van der Waals surface area contributed by atoms with Gasteiger partial charge in [-0.2, -0.15) is 18.3 Å². The van der Waals surface area contributed by atoms with E-state index in [1.807, 2.05) is 11.4 Å². The molecule has 7 nitrogen and oxygen atoms in total. The summed E-state index contributed by atoms with van der Waals surface area (Å²) >= 11 is 0. The van der Waals surface area contributed by atoms with Crippen molar-refractivity contribution in [3.63, 3.8) is 0 Å². The standard InChI is InChI=1S/C17H16F3N5O2/c18-17(19,20)14(27)25-16(4-5-16)13(26)24-15(2-3-15)12-7-10(1-6-21-12)11-8-22-23-9-11/h1,6-9H,2-5H2,(H,22,23)(H,24,26)(H,25,27). The van der Waals surface area contributed by atoms with E-state index in [9.17, 15) is 22.8 Å². The zero-order chi connectivity index (χ0) is 19.3. The summed E-state index contributed by atoms with van der Waals surface area (Å²) in [7, 11) is 0. The summed E-state index contributed by atoms with van der Waals surface area (Å²) in [5.74, 6) is -2.70. The van der Waals surface area contributed by atoms with E-state index in [1.165, 1.54) is 0 Å². The van der Waals surface area contributed by atoms with Crippen molar-refractivity contribution in [2.75, 3.05) is 0 Å². The number of carbonyl (C=O) groups excluding carboxylic acids is 2. The van der Waals surface area contributed by atoms with Crippen molar-refractivity contribution in [2.45, 2.75) is 42.9 Å². The summed E-state index contributed by atoms with van der Waals surface area (Å²) in [4.78, 5) is 28.1. The van der Waals surface area contributed by atoms with Crippen LogP contribution >= 0.6 is 0 Å². The molecule has 0 spiro atoms. The van der Waals surface area contributed by atoms with Gasteiger partial charge in [0.1, 0.15) is 5.54 Å². The third-order valence-electron chi connectivity index (χ3n) is 4.98. The Labute approximate surface area is 151 Å². The number of carbonyl (C=O) groups is 2. The van der Waals surface area contributed by atoms with Gasteiger partial charge in [-0.05, 0) is 43.4 Å². The number of halogens is 3. The van der Waals surface area contributed by atoms with E-state index in [-0.39, 0.29) is 12.8 Å². The highest BCUT2D eigenvalue weighted by Crippen LogP contribution is 2.47. The number of alkyl halides is 3. The van der Waals surface area contributed by atoms with Crippen LogP contribution in [-0.2, 0) is 15.1 Å². The first kappa shape index (κ1) is 17.5. The quantitative estimate of drug-likeness (QED) is 0.737. The minimum absolute atomic E-state index is 0.180. The van der Waals surface area contributed by atoms with Gasteiger partial charge in [0.2, 0.25) is 5.91 Å².